The van der Waals surface area contributed by atoms with E-state index in [2.05, 4.69) is 10.3 Å². The summed E-state index contributed by atoms with van der Waals surface area (Å²) in [5.74, 6) is 6.68. The molecular weight excluding hydrogens is 166 g/mol. The summed E-state index contributed by atoms with van der Waals surface area (Å²) in [6.45, 7) is 2.67. The van der Waals surface area contributed by atoms with Crippen molar-refractivity contribution in [2.24, 2.45) is 17.7 Å². The molecule has 4 heteroatoms. The van der Waals surface area contributed by atoms with E-state index in [1.165, 1.54) is 19.3 Å². The molecule has 1 aliphatic carbocycles. The lowest BCUT2D eigenvalue weighted by atomic mass is 10.0. The molecule has 0 aromatic carbocycles. The van der Waals surface area contributed by atoms with Crippen molar-refractivity contribution in [2.75, 3.05) is 19.6 Å². The van der Waals surface area contributed by atoms with Crippen LogP contribution in [0.1, 0.15) is 19.3 Å². The predicted molar refractivity (Wildman–Crippen MR) is 49.6 cm³/mol. The Balaban J connectivity index is 1.82. The number of likely N-dealkylation sites (tertiary alicyclic amines) is 1. The van der Waals surface area contributed by atoms with Crippen molar-refractivity contribution in [1.82, 2.24) is 10.3 Å². The van der Waals surface area contributed by atoms with Gasteiger partial charge in [0.05, 0.1) is 6.54 Å². The number of nitrogens with zero attached hydrogens (tertiary/aromatic N) is 1. The van der Waals surface area contributed by atoms with Gasteiger partial charge < -0.3 is 0 Å². The van der Waals surface area contributed by atoms with Crippen LogP contribution >= 0.6 is 0 Å². The highest BCUT2D eigenvalue weighted by Gasteiger charge is 2.36. The van der Waals surface area contributed by atoms with Gasteiger partial charge in [-0.25, -0.2) is 5.84 Å². The van der Waals surface area contributed by atoms with E-state index in [0.717, 1.165) is 24.9 Å². The summed E-state index contributed by atoms with van der Waals surface area (Å²) in [5.41, 5.74) is 2.18. The highest BCUT2D eigenvalue weighted by atomic mass is 16.2. The molecule has 0 radical (unpaired) electrons. The van der Waals surface area contributed by atoms with Crippen LogP contribution in [0.3, 0.4) is 0 Å². The monoisotopic (exact) mass is 183 g/mol. The molecule has 1 saturated carbocycles. The predicted octanol–water partition coefficient (Wildman–Crippen LogP) is -0.292. The zero-order valence-electron chi connectivity index (χ0n) is 7.83. The number of carbonyl (C=O) groups excluding carboxylic acids is 1. The molecule has 1 amide bonds. The van der Waals surface area contributed by atoms with Crippen molar-refractivity contribution in [3.8, 4) is 0 Å². The van der Waals surface area contributed by atoms with Gasteiger partial charge in [0.25, 0.3) is 0 Å². The molecule has 1 heterocycles. The minimum atomic E-state index is -0.0695. The van der Waals surface area contributed by atoms with Gasteiger partial charge in [0.15, 0.2) is 0 Å². The Hall–Kier alpha value is -0.610. The maximum atomic E-state index is 11.0. The first-order chi connectivity index (χ1) is 6.29. The highest BCUT2D eigenvalue weighted by molar-refractivity contribution is 5.77. The van der Waals surface area contributed by atoms with Crippen molar-refractivity contribution >= 4 is 5.91 Å². The van der Waals surface area contributed by atoms with E-state index in [-0.39, 0.29) is 5.91 Å². The van der Waals surface area contributed by atoms with E-state index in [1.54, 1.807) is 0 Å². The highest BCUT2D eigenvalue weighted by Crippen LogP contribution is 2.37. The topological polar surface area (TPSA) is 58.4 Å². The lowest BCUT2D eigenvalue weighted by Crippen LogP contribution is -2.39. The third-order valence-electron chi connectivity index (χ3n) is 3.33. The number of nitrogens with one attached hydrogen (secondary N) is 1. The van der Waals surface area contributed by atoms with Gasteiger partial charge in [-0.15, -0.1) is 0 Å². The Labute approximate surface area is 78.4 Å². The van der Waals surface area contributed by atoms with Gasteiger partial charge in [0.2, 0.25) is 5.91 Å². The van der Waals surface area contributed by atoms with Gasteiger partial charge in [-0.2, -0.15) is 0 Å². The average molecular weight is 183 g/mol. The first-order valence-corrected chi connectivity index (χ1v) is 5.01. The number of carbonyl (C=O) groups is 1. The number of nitrogens with two attached hydrogens (primary N) is 1. The number of hydrogen-bond donors (Lipinski definition) is 2. The van der Waals surface area contributed by atoms with Gasteiger partial charge >= 0.3 is 0 Å². The molecule has 2 rings (SSSR count). The summed E-state index contributed by atoms with van der Waals surface area (Å²) in [6, 6.07) is 0. The van der Waals surface area contributed by atoms with Crippen molar-refractivity contribution in [1.29, 1.82) is 0 Å². The SMILES string of the molecule is NNC(=O)CN1CC2CCCC2C1. The Morgan fingerprint density at radius 3 is 2.54 bits per heavy atom. The summed E-state index contributed by atoms with van der Waals surface area (Å²) in [7, 11) is 0. The van der Waals surface area contributed by atoms with Crippen LogP contribution in [0, 0.1) is 11.8 Å². The minimum Gasteiger partial charge on any atom is -0.294 e. The molecule has 2 unspecified atom stereocenters. The molecule has 0 bridgehead atoms. The Bertz CT molecular complexity index is 195. The van der Waals surface area contributed by atoms with Crippen LogP contribution in [0.4, 0.5) is 0 Å². The standard InChI is InChI=1S/C9H17N3O/c10-11-9(13)6-12-4-7-2-1-3-8(7)5-12/h7-8H,1-6,10H2,(H,11,13). The van der Waals surface area contributed by atoms with Crippen LogP contribution in [0.5, 0.6) is 0 Å². The largest absolute Gasteiger partial charge is 0.294 e. The Morgan fingerprint density at radius 1 is 1.38 bits per heavy atom. The summed E-state index contributed by atoms with van der Waals surface area (Å²) in [6.07, 6.45) is 4.09. The lowest BCUT2D eigenvalue weighted by Gasteiger charge is -2.14. The van der Waals surface area contributed by atoms with Gasteiger partial charge in [-0.3, -0.25) is 15.1 Å². The Morgan fingerprint density at radius 2 is 2.00 bits per heavy atom. The zero-order chi connectivity index (χ0) is 9.26. The molecule has 2 fully saturated rings. The first kappa shape index (κ1) is 8.97. The summed E-state index contributed by atoms with van der Waals surface area (Å²) in [5, 5.41) is 0. The molecule has 2 aliphatic rings. The minimum absolute atomic E-state index is 0.0695. The molecule has 0 spiro atoms. The fourth-order valence-electron chi connectivity index (χ4n) is 2.71. The molecule has 3 N–H and O–H groups in total. The quantitative estimate of drug-likeness (QED) is 0.351. The molecule has 4 nitrogen and oxygen atoms in total. The van der Waals surface area contributed by atoms with E-state index >= 15 is 0 Å². The normalized spacial score (nSPS) is 33.3. The van der Waals surface area contributed by atoms with Crippen LogP contribution in [-0.2, 0) is 4.79 Å². The zero-order valence-corrected chi connectivity index (χ0v) is 7.83. The van der Waals surface area contributed by atoms with Crippen molar-refractivity contribution < 1.29 is 4.79 Å². The molecule has 74 valence electrons. The number of hydrazine groups is 1. The van der Waals surface area contributed by atoms with E-state index in [4.69, 9.17) is 5.84 Å². The van der Waals surface area contributed by atoms with E-state index in [1.807, 2.05) is 0 Å². The van der Waals surface area contributed by atoms with Crippen LogP contribution in [-0.4, -0.2) is 30.4 Å². The maximum absolute atomic E-state index is 11.0. The van der Waals surface area contributed by atoms with Crippen LogP contribution in [0.2, 0.25) is 0 Å². The third-order valence-corrected chi connectivity index (χ3v) is 3.33. The number of fused-ring (bicyclic) bond motifs is 1. The molecule has 1 aliphatic heterocycles. The Kier molecular flexibility index (Phi) is 2.51. The van der Waals surface area contributed by atoms with Gasteiger partial charge in [0.1, 0.15) is 0 Å². The summed E-state index contributed by atoms with van der Waals surface area (Å²) >= 11 is 0. The van der Waals surface area contributed by atoms with Gasteiger partial charge in [-0.1, -0.05) is 6.42 Å². The average Bonchev–Trinajstić information content (AvgIpc) is 2.63. The fraction of sp³-hybridized carbons (Fsp3) is 0.889. The van der Waals surface area contributed by atoms with Crippen molar-refractivity contribution in [3.63, 3.8) is 0 Å². The number of amides is 1. The van der Waals surface area contributed by atoms with Crippen molar-refractivity contribution in [3.05, 3.63) is 0 Å². The van der Waals surface area contributed by atoms with E-state index in [0.29, 0.717) is 6.54 Å². The van der Waals surface area contributed by atoms with Gasteiger partial charge in [-0.05, 0) is 24.7 Å². The van der Waals surface area contributed by atoms with Crippen LogP contribution in [0.15, 0.2) is 0 Å². The second kappa shape index (κ2) is 3.64. The number of rotatable bonds is 2. The molecular formula is C9H17N3O. The third kappa shape index (κ3) is 1.84. The molecule has 0 aromatic heterocycles. The number of hydrogen-bond acceptors (Lipinski definition) is 3. The molecule has 1 saturated heterocycles. The van der Waals surface area contributed by atoms with Crippen LogP contribution < -0.4 is 11.3 Å². The molecule has 2 atom stereocenters. The van der Waals surface area contributed by atoms with Crippen LogP contribution in [0.25, 0.3) is 0 Å². The molecule has 13 heavy (non-hydrogen) atoms. The molecule has 0 aromatic rings. The smallest absolute Gasteiger partial charge is 0.248 e. The van der Waals surface area contributed by atoms with Gasteiger partial charge in [0, 0.05) is 13.1 Å². The first-order valence-electron chi connectivity index (χ1n) is 5.01. The fourth-order valence-corrected chi connectivity index (χ4v) is 2.71. The van der Waals surface area contributed by atoms with Crippen molar-refractivity contribution in [2.45, 2.75) is 19.3 Å². The summed E-state index contributed by atoms with van der Waals surface area (Å²) < 4.78 is 0. The summed E-state index contributed by atoms with van der Waals surface area (Å²) in [4.78, 5) is 13.2. The lowest BCUT2D eigenvalue weighted by molar-refractivity contribution is -0.122. The second-order valence-electron chi connectivity index (χ2n) is 4.21. The maximum Gasteiger partial charge on any atom is 0.248 e. The second-order valence-corrected chi connectivity index (χ2v) is 4.21. The van der Waals surface area contributed by atoms with E-state index in [9.17, 15) is 4.79 Å². The van der Waals surface area contributed by atoms with E-state index < -0.39 is 0 Å².